The van der Waals surface area contributed by atoms with Crippen LogP contribution in [0.4, 0.5) is 5.69 Å². The van der Waals surface area contributed by atoms with Crippen LogP contribution in [0.1, 0.15) is 20.3 Å². The Bertz CT molecular complexity index is 1290. The topological polar surface area (TPSA) is 45.6 Å². The number of hydrogen-bond donors (Lipinski definition) is 1. The van der Waals surface area contributed by atoms with Crippen molar-refractivity contribution in [1.82, 2.24) is 19.4 Å². The number of rotatable bonds is 10. The Hall–Kier alpha value is -2.38. The minimum Gasteiger partial charge on any atom is -0.384 e. The van der Waals surface area contributed by atoms with Gasteiger partial charge < -0.3 is 19.5 Å². The third-order valence-electron chi connectivity index (χ3n) is 7.22. The Kier molecular flexibility index (Phi) is 7.73. The molecule has 0 bridgehead atoms. The maximum Gasteiger partial charge on any atom is 0.0967 e. The number of aromatic nitrogens is 2. The van der Waals surface area contributed by atoms with Crippen molar-refractivity contribution >= 4 is 50.1 Å². The molecule has 0 saturated carbocycles. The molecule has 0 unspecified atom stereocenters. The van der Waals surface area contributed by atoms with Crippen LogP contribution in [-0.4, -0.2) is 78.4 Å². The summed E-state index contributed by atoms with van der Waals surface area (Å²) in [6.45, 7) is 14.2. The van der Waals surface area contributed by atoms with Crippen LogP contribution in [0.2, 0.25) is 5.02 Å². The van der Waals surface area contributed by atoms with E-state index in [1.165, 1.54) is 16.4 Å². The molecule has 1 N–H and O–H groups in total. The molecule has 2 aromatic carbocycles. The largest absolute Gasteiger partial charge is 0.384 e. The number of fused-ring (bicyclic) bond motifs is 4. The Morgan fingerprint density at radius 2 is 1.80 bits per heavy atom. The minimum atomic E-state index is 0.714. The lowest BCUT2D eigenvalue weighted by molar-refractivity contribution is 0.0366. The summed E-state index contributed by atoms with van der Waals surface area (Å²) >= 11 is 6.53. The molecular formula is C28H36ClN5O. The van der Waals surface area contributed by atoms with Crippen LogP contribution in [0.15, 0.2) is 42.5 Å². The predicted molar refractivity (Wildman–Crippen MR) is 148 cm³/mol. The summed E-state index contributed by atoms with van der Waals surface area (Å²) in [4.78, 5) is 10.1. The fraction of sp³-hybridized carbons (Fsp3) is 0.464. The minimum absolute atomic E-state index is 0.714. The number of ether oxygens (including phenoxy) is 1. The van der Waals surface area contributed by atoms with Crippen molar-refractivity contribution in [2.24, 2.45) is 0 Å². The summed E-state index contributed by atoms with van der Waals surface area (Å²) in [5, 5.41) is 6.69. The van der Waals surface area contributed by atoms with Crippen LogP contribution < -0.4 is 5.32 Å². The molecule has 0 atom stereocenters. The van der Waals surface area contributed by atoms with E-state index in [2.05, 4.69) is 63.9 Å². The average molecular weight is 494 g/mol. The molecule has 3 heterocycles. The van der Waals surface area contributed by atoms with E-state index >= 15 is 0 Å². The summed E-state index contributed by atoms with van der Waals surface area (Å²) in [7, 11) is 0. The van der Waals surface area contributed by atoms with Crippen molar-refractivity contribution < 1.29 is 4.74 Å². The third-order valence-corrected chi connectivity index (χ3v) is 7.44. The van der Waals surface area contributed by atoms with Gasteiger partial charge in [0.15, 0.2) is 0 Å². The molecule has 7 heteroatoms. The van der Waals surface area contributed by atoms with Crippen molar-refractivity contribution in [3.8, 4) is 0 Å². The van der Waals surface area contributed by atoms with E-state index in [0.717, 1.165) is 94.1 Å². The van der Waals surface area contributed by atoms with E-state index < -0.39 is 0 Å². The SMILES string of the molecule is CCN(CC)CCCNc1cc(Cl)cc2nc3c4ccccc4n(CCN4CCOCC4)c3cc12. The number of halogens is 1. The highest BCUT2D eigenvalue weighted by atomic mass is 35.5. The van der Waals surface area contributed by atoms with Gasteiger partial charge in [0, 0.05) is 54.2 Å². The van der Waals surface area contributed by atoms with Gasteiger partial charge in [-0.1, -0.05) is 43.6 Å². The van der Waals surface area contributed by atoms with E-state index in [9.17, 15) is 0 Å². The molecule has 4 aromatic rings. The maximum absolute atomic E-state index is 6.53. The van der Waals surface area contributed by atoms with E-state index in [1.807, 2.05) is 12.1 Å². The van der Waals surface area contributed by atoms with Gasteiger partial charge in [0.1, 0.15) is 0 Å². The molecule has 0 spiro atoms. The maximum atomic E-state index is 6.53. The van der Waals surface area contributed by atoms with E-state index in [0.29, 0.717) is 5.02 Å². The quantitative estimate of drug-likeness (QED) is 0.297. The van der Waals surface area contributed by atoms with Crippen molar-refractivity contribution in [3.05, 3.63) is 47.5 Å². The van der Waals surface area contributed by atoms with Crippen molar-refractivity contribution in [1.29, 1.82) is 0 Å². The Morgan fingerprint density at radius 1 is 1.00 bits per heavy atom. The first-order valence-corrected chi connectivity index (χ1v) is 13.3. The number of nitrogens with one attached hydrogen (secondary N) is 1. The number of morpholine rings is 1. The van der Waals surface area contributed by atoms with Crippen LogP contribution in [0.25, 0.3) is 32.8 Å². The molecule has 35 heavy (non-hydrogen) atoms. The number of hydrogen-bond acceptors (Lipinski definition) is 5. The average Bonchev–Trinajstić information content (AvgIpc) is 3.19. The molecule has 1 saturated heterocycles. The summed E-state index contributed by atoms with van der Waals surface area (Å²) < 4.78 is 7.97. The number of anilines is 1. The Balaban J connectivity index is 1.49. The van der Waals surface area contributed by atoms with Crippen molar-refractivity contribution in [2.45, 2.75) is 26.8 Å². The molecule has 1 aliphatic rings. The lowest BCUT2D eigenvalue weighted by Crippen LogP contribution is -2.38. The summed E-state index contributed by atoms with van der Waals surface area (Å²) in [5.41, 5.74) is 5.46. The highest BCUT2D eigenvalue weighted by Crippen LogP contribution is 2.34. The van der Waals surface area contributed by atoms with Gasteiger partial charge in [-0.3, -0.25) is 4.90 Å². The molecule has 0 radical (unpaired) electrons. The van der Waals surface area contributed by atoms with Crippen LogP contribution in [0.5, 0.6) is 0 Å². The highest BCUT2D eigenvalue weighted by Gasteiger charge is 2.17. The first-order valence-electron chi connectivity index (χ1n) is 13.0. The summed E-state index contributed by atoms with van der Waals surface area (Å²) in [6, 6.07) is 14.9. The second kappa shape index (κ2) is 11.1. The summed E-state index contributed by atoms with van der Waals surface area (Å²) in [6.07, 6.45) is 1.09. The molecule has 1 aliphatic heterocycles. The predicted octanol–water partition coefficient (Wildman–Crippen LogP) is 5.47. The lowest BCUT2D eigenvalue weighted by atomic mass is 10.1. The van der Waals surface area contributed by atoms with Gasteiger partial charge in [0.2, 0.25) is 0 Å². The van der Waals surface area contributed by atoms with E-state index in [-0.39, 0.29) is 0 Å². The van der Waals surface area contributed by atoms with Crippen molar-refractivity contribution in [2.75, 3.05) is 64.3 Å². The fourth-order valence-corrected chi connectivity index (χ4v) is 5.40. The van der Waals surface area contributed by atoms with Gasteiger partial charge in [-0.15, -0.1) is 0 Å². The van der Waals surface area contributed by atoms with Gasteiger partial charge in [0.05, 0.1) is 35.3 Å². The van der Waals surface area contributed by atoms with Crippen LogP contribution >= 0.6 is 11.6 Å². The number of pyridine rings is 1. The first kappa shape index (κ1) is 24.3. The van der Waals surface area contributed by atoms with Gasteiger partial charge in [-0.25, -0.2) is 4.98 Å². The van der Waals surface area contributed by atoms with Gasteiger partial charge in [-0.05, 0) is 50.3 Å². The molecular weight excluding hydrogens is 458 g/mol. The van der Waals surface area contributed by atoms with Gasteiger partial charge in [0.25, 0.3) is 0 Å². The zero-order chi connectivity index (χ0) is 24.2. The first-order chi connectivity index (χ1) is 17.2. The second-order valence-electron chi connectivity index (χ2n) is 9.31. The van der Waals surface area contributed by atoms with E-state index in [4.69, 9.17) is 21.3 Å². The second-order valence-corrected chi connectivity index (χ2v) is 9.74. The van der Waals surface area contributed by atoms with Crippen LogP contribution in [0.3, 0.4) is 0 Å². The number of nitrogens with zero attached hydrogens (tertiary/aromatic N) is 4. The standard InChI is InChI=1S/C28H36ClN5O/c1-3-32(4-2)11-7-10-30-24-18-21(29)19-25-23(24)20-27-28(31-25)22-8-5-6-9-26(22)34(27)13-12-33-14-16-35-17-15-33/h5-6,8-9,18-20,30H,3-4,7,10-17H2,1-2H3. The zero-order valence-electron chi connectivity index (χ0n) is 20.9. The summed E-state index contributed by atoms with van der Waals surface area (Å²) in [5.74, 6) is 0. The van der Waals surface area contributed by atoms with Crippen LogP contribution in [0, 0.1) is 0 Å². The Labute approximate surface area is 212 Å². The van der Waals surface area contributed by atoms with Gasteiger partial charge >= 0.3 is 0 Å². The monoisotopic (exact) mass is 493 g/mol. The fourth-order valence-electron chi connectivity index (χ4n) is 5.19. The number of para-hydroxylation sites is 1. The Morgan fingerprint density at radius 3 is 2.60 bits per heavy atom. The molecule has 5 rings (SSSR count). The smallest absolute Gasteiger partial charge is 0.0967 e. The molecule has 0 aliphatic carbocycles. The highest BCUT2D eigenvalue weighted by molar-refractivity contribution is 6.32. The van der Waals surface area contributed by atoms with Gasteiger partial charge in [-0.2, -0.15) is 0 Å². The zero-order valence-corrected chi connectivity index (χ0v) is 21.7. The van der Waals surface area contributed by atoms with E-state index in [1.54, 1.807) is 0 Å². The molecule has 6 nitrogen and oxygen atoms in total. The van der Waals surface area contributed by atoms with Crippen LogP contribution in [-0.2, 0) is 11.3 Å². The number of benzene rings is 2. The molecule has 2 aromatic heterocycles. The van der Waals surface area contributed by atoms with Crippen molar-refractivity contribution in [3.63, 3.8) is 0 Å². The molecule has 0 amide bonds. The molecule has 186 valence electrons. The third kappa shape index (κ3) is 5.26. The normalized spacial score (nSPS) is 15.1. The molecule has 1 fully saturated rings. The lowest BCUT2D eigenvalue weighted by Gasteiger charge is -2.26.